The third-order valence-electron chi connectivity index (χ3n) is 3.04. The molecule has 0 amide bonds. The molecule has 0 spiro atoms. The van der Waals surface area contributed by atoms with Crippen molar-refractivity contribution in [3.63, 3.8) is 0 Å². The fourth-order valence-corrected chi connectivity index (χ4v) is 2.19. The average Bonchev–Trinajstić information content (AvgIpc) is 2.80. The van der Waals surface area contributed by atoms with Crippen molar-refractivity contribution in [1.29, 1.82) is 0 Å². The SMILES string of the molecule is NCC(OC1CCCC1)c1ccccc1. The molecule has 1 aliphatic rings. The van der Waals surface area contributed by atoms with Crippen LogP contribution in [-0.4, -0.2) is 12.6 Å². The molecule has 1 aliphatic carbocycles. The summed E-state index contributed by atoms with van der Waals surface area (Å²) in [6.45, 7) is 0.570. The van der Waals surface area contributed by atoms with Crippen molar-refractivity contribution < 1.29 is 4.74 Å². The molecular weight excluding hydrogens is 186 g/mol. The van der Waals surface area contributed by atoms with E-state index < -0.39 is 0 Å². The minimum absolute atomic E-state index is 0.0781. The van der Waals surface area contributed by atoms with Crippen LogP contribution < -0.4 is 5.73 Å². The molecule has 1 aromatic carbocycles. The Hall–Kier alpha value is -0.860. The van der Waals surface area contributed by atoms with Gasteiger partial charge in [-0.2, -0.15) is 0 Å². The van der Waals surface area contributed by atoms with E-state index in [0.29, 0.717) is 12.6 Å². The van der Waals surface area contributed by atoms with E-state index in [4.69, 9.17) is 10.5 Å². The van der Waals surface area contributed by atoms with Gasteiger partial charge in [-0.1, -0.05) is 43.2 Å². The average molecular weight is 205 g/mol. The number of hydrogen-bond donors (Lipinski definition) is 1. The Morgan fingerprint density at radius 1 is 1.20 bits per heavy atom. The first-order valence-electron chi connectivity index (χ1n) is 5.80. The normalized spacial score (nSPS) is 19.3. The molecule has 0 radical (unpaired) electrons. The smallest absolute Gasteiger partial charge is 0.0950 e. The summed E-state index contributed by atoms with van der Waals surface area (Å²) in [5.41, 5.74) is 6.96. The Bertz CT molecular complexity index is 280. The number of rotatable bonds is 4. The molecule has 15 heavy (non-hydrogen) atoms. The second-order valence-corrected chi connectivity index (χ2v) is 4.18. The molecule has 2 nitrogen and oxygen atoms in total. The molecule has 1 fully saturated rings. The highest BCUT2D eigenvalue weighted by Crippen LogP contribution is 2.27. The largest absolute Gasteiger partial charge is 0.369 e. The number of ether oxygens (including phenoxy) is 1. The van der Waals surface area contributed by atoms with Gasteiger partial charge in [0.15, 0.2) is 0 Å². The molecular formula is C13H19NO. The van der Waals surface area contributed by atoms with Crippen molar-refractivity contribution in [2.24, 2.45) is 5.73 Å². The van der Waals surface area contributed by atoms with Gasteiger partial charge in [0.1, 0.15) is 0 Å². The monoisotopic (exact) mass is 205 g/mol. The lowest BCUT2D eigenvalue weighted by atomic mass is 10.1. The standard InChI is InChI=1S/C13H19NO/c14-10-13(11-6-2-1-3-7-11)15-12-8-4-5-9-12/h1-3,6-7,12-13H,4-5,8-10,14H2. The lowest BCUT2D eigenvalue weighted by Crippen LogP contribution is -2.20. The summed E-state index contributed by atoms with van der Waals surface area (Å²) < 4.78 is 6.02. The van der Waals surface area contributed by atoms with Crippen LogP contribution in [0.4, 0.5) is 0 Å². The van der Waals surface area contributed by atoms with Crippen molar-refractivity contribution >= 4 is 0 Å². The Morgan fingerprint density at radius 2 is 1.87 bits per heavy atom. The molecule has 1 saturated carbocycles. The third kappa shape index (κ3) is 2.80. The molecule has 2 N–H and O–H groups in total. The van der Waals surface area contributed by atoms with Gasteiger partial charge in [0.05, 0.1) is 12.2 Å². The first kappa shape index (κ1) is 10.7. The minimum Gasteiger partial charge on any atom is -0.369 e. The summed E-state index contributed by atoms with van der Waals surface area (Å²) in [6.07, 6.45) is 5.51. The first-order chi connectivity index (χ1) is 7.40. The molecule has 2 rings (SSSR count). The third-order valence-corrected chi connectivity index (χ3v) is 3.04. The van der Waals surface area contributed by atoms with Gasteiger partial charge >= 0.3 is 0 Å². The van der Waals surface area contributed by atoms with E-state index in [0.717, 1.165) is 0 Å². The highest BCUT2D eigenvalue weighted by Gasteiger charge is 2.20. The van der Waals surface area contributed by atoms with Crippen molar-refractivity contribution in [3.8, 4) is 0 Å². The minimum atomic E-state index is 0.0781. The van der Waals surface area contributed by atoms with Crippen LogP contribution in [0.3, 0.4) is 0 Å². The van der Waals surface area contributed by atoms with E-state index in [1.54, 1.807) is 0 Å². The molecule has 82 valence electrons. The molecule has 0 aromatic heterocycles. The van der Waals surface area contributed by atoms with Gasteiger partial charge in [-0.25, -0.2) is 0 Å². The molecule has 0 heterocycles. The first-order valence-corrected chi connectivity index (χ1v) is 5.80. The molecule has 0 aliphatic heterocycles. The summed E-state index contributed by atoms with van der Waals surface area (Å²) >= 11 is 0. The predicted molar refractivity (Wildman–Crippen MR) is 61.6 cm³/mol. The molecule has 0 saturated heterocycles. The lowest BCUT2D eigenvalue weighted by Gasteiger charge is -2.21. The van der Waals surface area contributed by atoms with E-state index in [1.165, 1.54) is 31.2 Å². The van der Waals surface area contributed by atoms with E-state index in [2.05, 4.69) is 12.1 Å². The van der Waals surface area contributed by atoms with Crippen LogP contribution in [0, 0.1) is 0 Å². The summed E-state index contributed by atoms with van der Waals surface area (Å²) in [5, 5.41) is 0. The van der Waals surface area contributed by atoms with Crippen LogP contribution in [-0.2, 0) is 4.74 Å². The summed E-state index contributed by atoms with van der Waals surface area (Å²) in [6, 6.07) is 10.3. The summed E-state index contributed by atoms with van der Waals surface area (Å²) in [5.74, 6) is 0. The van der Waals surface area contributed by atoms with Gasteiger partial charge in [0.25, 0.3) is 0 Å². The summed E-state index contributed by atoms with van der Waals surface area (Å²) in [4.78, 5) is 0. The van der Waals surface area contributed by atoms with Crippen molar-refractivity contribution in [2.75, 3.05) is 6.54 Å². The van der Waals surface area contributed by atoms with Crippen LogP contribution in [0.1, 0.15) is 37.4 Å². The highest BCUT2D eigenvalue weighted by molar-refractivity contribution is 5.17. The Morgan fingerprint density at radius 3 is 2.47 bits per heavy atom. The fraction of sp³-hybridized carbons (Fsp3) is 0.538. The predicted octanol–water partition coefficient (Wildman–Crippen LogP) is 2.65. The molecule has 2 heteroatoms. The van der Waals surface area contributed by atoms with Crippen LogP contribution in [0.2, 0.25) is 0 Å². The second kappa shape index (κ2) is 5.29. The van der Waals surface area contributed by atoms with Crippen LogP contribution in [0.5, 0.6) is 0 Å². The lowest BCUT2D eigenvalue weighted by molar-refractivity contribution is -0.00436. The quantitative estimate of drug-likeness (QED) is 0.820. The molecule has 1 aromatic rings. The zero-order chi connectivity index (χ0) is 10.5. The maximum atomic E-state index is 6.02. The van der Waals surface area contributed by atoms with E-state index >= 15 is 0 Å². The van der Waals surface area contributed by atoms with E-state index in [-0.39, 0.29) is 6.10 Å². The Kier molecular flexibility index (Phi) is 3.75. The van der Waals surface area contributed by atoms with Crippen LogP contribution in [0.15, 0.2) is 30.3 Å². The van der Waals surface area contributed by atoms with Crippen LogP contribution >= 0.6 is 0 Å². The molecule has 1 atom stereocenters. The zero-order valence-electron chi connectivity index (χ0n) is 9.06. The topological polar surface area (TPSA) is 35.2 Å². The van der Waals surface area contributed by atoms with Gasteiger partial charge in [-0.3, -0.25) is 0 Å². The second-order valence-electron chi connectivity index (χ2n) is 4.18. The fourth-order valence-electron chi connectivity index (χ4n) is 2.19. The molecule has 1 unspecified atom stereocenters. The van der Waals surface area contributed by atoms with Gasteiger partial charge < -0.3 is 10.5 Å². The maximum Gasteiger partial charge on any atom is 0.0950 e. The Labute approximate surface area is 91.4 Å². The summed E-state index contributed by atoms with van der Waals surface area (Å²) in [7, 11) is 0. The van der Waals surface area contributed by atoms with Gasteiger partial charge in [-0.15, -0.1) is 0 Å². The van der Waals surface area contributed by atoms with E-state index in [1.807, 2.05) is 18.2 Å². The van der Waals surface area contributed by atoms with Gasteiger partial charge in [-0.05, 0) is 18.4 Å². The van der Waals surface area contributed by atoms with Crippen molar-refractivity contribution in [2.45, 2.75) is 37.9 Å². The maximum absolute atomic E-state index is 6.02. The van der Waals surface area contributed by atoms with Gasteiger partial charge in [0.2, 0.25) is 0 Å². The van der Waals surface area contributed by atoms with E-state index in [9.17, 15) is 0 Å². The van der Waals surface area contributed by atoms with Crippen LogP contribution in [0.25, 0.3) is 0 Å². The van der Waals surface area contributed by atoms with Crippen molar-refractivity contribution in [1.82, 2.24) is 0 Å². The highest BCUT2D eigenvalue weighted by atomic mass is 16.5. The number of nitrogens with two attached hydrogens (primary N) is 1. The zero-order valence-corrected chi connectivity index (χ0v) is 9.06. The Balaban J connectivity index is 1.97. The number of hydrogen-bond acceptors (Lipinski definition) is 2. The number of benzene rings is 1. The van der Waals surface area contributed by atoms with Gasteiger partial charge in [0, 0.05) is 6.54 Å². The molecule has 0 bridgehead atoms. The van der Waals surface area contributed by atoms with Crippen molar-refractivity contribution in [3.05, 3.63) is 35.9 Å².